The van der Waals surface area contributed by atoms with Gasteiger partial charge in [0.05, 0.1) is 16.8 Å². The Kier molecular flexibility index (Phi) is 2.87. The van der Waals surface area contributed by atoms with E-state index in [2.05, 4.69) is 23.3 Å². The van der Waals surface area contributed by atoms with Gasteiger partial charge in [0.25, 0.3) is 0 Å². The van der Waals surface area contributed by atoms with Crippen molar-refractivity contribution in [1.82, 2.24) is 4.98 Å². The van der Waals surface area contributed by atoms with Gasteiger partial charge in [-0.3, -0.25) is 4.98 Å². The van der Waals surface area contributed by atoms with Crippen molar-refractivity contribution >= 4 is 16.6 Å². The molecule has 0 radical (unpaired) electrons. The number of hydrogen-bond acceptors (Lipinski definition) is 3. The molecule has 0 saturated heterocycles. The zero-order valence-electron chi connectivity index (χ0n) is 11.1. The van der Waals surface area contributed by atoms with Crippen LogP contribution in [0.3, 0.4) is 0 Å². The minimum Gasteiger partial charge on any atom is -0.383 e. The minimum atomic E-state index is 0.386. The molecule has 1 fully saturated rings. The van der Waals surface area contributed by atoms with Crippen LogP contribution < -0.4 is 5.32 Å². The van der Waals surface area contributed by atoms with E-state index in [9.17, 15) is 5.26 Å². The van der Waals surface area contributed by atoms with Gasteiger partial charge in [-0.15, -0.1) is 0 Å². The molecule has 96 valence electrons. The van der Waals surface area contributed by atoms with E-state index in [1.54, 1.807) is 6.20 Å². The van der Waals surface area contributed by atoms with Crippen molar-refractivity contribution in [2.24, 2.45) is 5.41 Å². The first-order valence-corrected chi connectivity index (χ1v) is 6.74. The number of hydrogen-bond donors (Lipinski definition) is 1. The summed E-state index contributed by atoms with van der Waals surface area (Å²) in [4.78, 5) is 4.33. The smallest absolute Gasteiger partial charge is 0.103 e. The van der Waals surface area contributed by atoms with Crippen LogP contribution >= 0.6 is 0 Å². The Balaban J connectivity index is 1.98. The van der Waals surface area contributed by atoms with E-state index in [0.717, 1.165) is 23.1 Å². The number of nitrogens with one attached hydrogen (secondary N) is 1. The molecule has 1 heterocycles. The molecule has 0 spiro atoms. The van der Waals surface area contributed by atoms with Crippen molar-refractivity contribution in [3.8, 4) is 6.07 Å². The van der Waals surface area contributed by atoms with Gasteiger partial charge in [0.15, 0.2) is 0 Å². The fourth-order valence-corrected chi connectivity index (χ4v) is 2.68. The second kappa shape index (κ2) is 4.55. The predicted octanol–water partition coefficient (Wildman–Crippen LogP) is 3.71. The zero-order chi connectivity index (χ0) is 13.3. The van der Waals surface area contributed by atoms with Gasteiger partial charge in [0.1, 0.15) is 6.07 Å². The van der Waals surface area contributed by atoms with E-state index < -0.39 is 0 Å². The Labute approximate surface area is 113 Å². The van der Waals surface area contributed by atoms with Gasteiger partial charge in [0, 0.05) is 18.1 Å². The molecule has 2 aromatic rings. The molecule has 0 unspecified atom stereocenters. The number of aromatic nitrogens is 1. The molecule has 0 aliphatic heterocycles. The quantitative estimate of drug-likeness (QED) is 0.904. The SMILES string of the molecule is CC1(CNc2c(C#N)cnc3ccccc23)CCC1. The van der Waals surface area contributed by atoms with Gasteiger partial charge in [-0.25, -0.2) is 0 Å². The summed E-state index contributed by atoms with van der Waals surface area (Å²) < 4.78 is 0. The first-order valence-electron chi connectivity index (χ1n) is 6.74. The Morgan fingerprint density at radius 2 is 2.16 bits per heavy atom. The maximum absolute atomic E-state index is 9.25. The van der Waals surface area contributed by atoms with E-state index in [0.29, 0.717) is 11.0 Å². The van der Waals surface area contributed by atoms with Crippen LogP contribution in [0.4, 0.5) is 5.69 Å². The molecular weight excluding hydrogens is 234 g/mol. The summed E-state index contributed by atoms with van der Waals surface area (Å²) in [6, 6.07) is 10.2. The number of anilines is 1. The minimum absolute atomic E-state index is 0.386. The number of benzene rings is 1. The van der Waals surface area contributed by atoms with Crippen LogP contribution in [0.1, 0.15) is 31.7 Å². The van der Waals surface area contributed by atoms with Crippen LogP contribution in [0.25, 0.3) is 10.9 Å². The number of fused-ring (bicyclic) bond motifs is 1. The second-order valence-corrected chi connectivity index (χ2v) is 5.69. The highest BCUT2D eigenvalue weighted by atomic mass is 14.9. The van der Waals surface area contributed by atoms with Crippen molar-refractivity contribution in [3.63, 3.8) is 0 Å². The van der Waals surface area contributed by atoms with Crippen LogP contribution in [0.5, 0.6) is 0 Å². The third-order valence-corrected chi connectivity index (χ3v) is 4.15. The third kappa shape index (κ3) is 2.15. The van der Waals surface area contributed by atoms with Gasteiger partial charge in [0.2, 0.25) is 0 Å². The fourth-order valence-electron chi connectivity index (χ4n) is 2.68. The highest BCUT2D eigenvalue weighted by Gasteiger charge is 2.31. The van der Waals surface area contributed by atoms with Gasteiger partial charge >= 0.3 is 0 Å². The molecular formula is C16H17N3. The maximum atomic E-state index is 9.25. The van der Waals surface area contributed by atoms with Gasteiger partial charge < -0.3 is 5.32 Å². The summed E-state index contributed by atoms with van der Waals surface area (Å²) in [5.41, 5.74) is 2.88. The Morgan fingerprint density at radius 1 is 1.37 bits per heavy atom. The first kappa shape index (κ1) is 12.0. The molecule has 1 saturated carbocycles. The molecule has 0 bridgehead atoms. The Morgan fingerprint density at radius 3 is 2.84 bits per heavy atom. The Hall–Kier alpha value is -2.08. The van der Waals surface area contributed by atoms with Gasteiger partial charge in [-0.05, 0) is 24.3 Å². The van der Waals surface area contributed by atoms with Crippen LogP contribution in [-0.4, -0.2) is 11.5 Å². The predicted molar refractivity (Wildman–Crippen MR) is 76.9 cm³/mol. The molecule has 1 aliphatic rings. The summed E-state index contributed by atoms with van der Waals surface area (Å²) in [6.07, 6.45) is 5.52. The van der Waals surface area contributed by atoms with E-state index in [4.69, 9.17) is 0 Å². The molecule has 0 amide bonds. The number of para-hydroxylation sites is 1. The lowest BCUT2D eigenvalue weighted by molar-refractivity contribution is 0.180. The molecule has 3 heteroatoms. The number of nitrogens with zero attached hydrogens (tertiary/aromatic N) is 2. The molecule has 1 aromatic carbocycles. The summed E-state index contributed by atoms with van der Waals surface area (Å²) in [7, 11) is 0. The van der Waals surface area contributed by atoms with Crippen LogP contribution in [0.2, 0.25) is 0 Å². The fraction of sp³-hybridized carbons (Fsp3) is 0.375. The average Bonchev–Trinajstić information content (AvgIpc) is 2.42. The van der Waals surface area contributed by atoms with Crippen molar-refractivity contribution < 1.29 is 0 Å². The summed E-state index contributed by atoms with van der Waals surface area (Å²) in [6.45, 7) is 3.23. The van der Waals surface area contributed by atoms with Gasteiger partial charge in [-0.2, -0.15) is 5.26 Å². The van der Waals surface area contributed by atoms with Crippen LogP contribution in [0.15, 0.2) is 30.5 Å². The van der Waals surface area contributed by atoms with Crippen molar-refractivity contribution in [2.45, 2.75) is 26.2 Å². The lowest BCUT2D eigenvalue weighted by Crippen LogP contribution is -2.33. The monoisotopic (exact) mass is 251 g/mol. The maximum Gasteiger partial charge on any atom is 0.103 e. The van der Waals surface area contributed by atoms with Crippen LogP contribution in [0, 0.1) is 16.7 Å². The largest absolute Gasteiger partial charge is 0.383 e. The highest BCUT2D eigenvalue weighted by Crippen LogP contribution is 2.40. The zero-order valence-corrected chi connectivity index (χ0v) is 11.1. The summed E-state index contributed by atoms with van der Waals surface area (Å²) in [5, 5.41) is 13.8. The molecule has 3 rings (SSSR count). The topological polar surface area (TPSA) is 48.7 Å². The van der Waals surface area contributed by atoms with Crippen molar-refractivity contribution in [2.75, 3.05) is 11.9 Å². The first-order chi connectivity index (χ1) is 9.22. The normalized spacial score (nSPS) is 16.6. The summed E-state index contributed by atoms with van der Waals surface area (Å²) >= 11 is 0. The molecule has 1 aliphatic carbocycles. The molecule has 3 nitrogen and oxygen atoms in total. The van der Waals surface area contributed by atoms with Gasteiger partial charge in [-0.1, -0.05) is 31.5 Å². The van der Waals surface area contributed by atoms with E-state index >= 15 is 0 Å². The van der Waals surface area contributed by atoms with Crippen LogP contribution in [-0.2, 0) is 0 Å². The Bertz CT molecular complexity index is 651. The van der Waals surface area contributed by atoms with E-state index in [1.807, 2.05) is 24.3 Å². The lowest BCUT2D eigenvalue weighted by Gasteiger charge is -2.38. The number of nitriles is 1. The third-order valence-electron chi connectivity index (χ3n) is 4.15. The second-order valence-electron chi connectivity index (χ2n) is 5.69. The highest BCUT2D eigenvalue weighted by molar-refractivity contribution is 5.93. The van der Waals surface area contributed by atoms with E-state index in [1.165, 1.54) is 19.3 Å². The lowest BCUT2D eigenvalue weighted by atomic mass is 9.70. The summed E-state index contributed by atoms with van der Waals surface area (Å²) in [5.74, 6) is 0. The molecule has 1 aromatic heterocycles. The van der Waals surface area contributed by atoms with Crippen molar-refractivity contribution in [3.05, 3.63) is 36.0 Å². The number of pyridine rings is 1. The average molecular weight is 251 g/mol. The molecule has 1 N–H and O–H groups in total. The molecule has 0 atom stereocenters. The standard InChI is InChI=1S/C16H17N3/c1-16(7-4-8-16)11-19-15-12(9-17)10-18-14-6-3-2-5-13(14)15/h2-3,5-6,10H,4,7-8,11H2,1H3,(H,18,19). The van der Waals surface area contributed by atoms with E-state index in [-0.39, 0.29) is 0 Å². The number of rotatable bonds is 3. The van der Waals surface area contributed by atoms with Crippen molar-refractivity contribution in [1.29, 1.82) is 5.26 Å². The molecule has 19 heavy (non-hydrogen) atoms.